The summed E-state index contributed by atoms with van der Waals surface area (Å²) in [6.07, 6.45) is 0.909. The highest BCUT2D eigenvalue weighted by atomic mass is 32.2. The molecule has 0 saturated carbocycles. The van der Waals surface area contributed by atoms with Crippen molar-refractivity contribution < 1.29 is 8.42 Å². The first kappa shape index (κ1) is 16.5. The van der Waals surface area contributed by atoms with Crippen molar-refractivity contribution in [1.29, 1.82) is 0 Å². The lowest BCUT2D eigenvalue weighted by molar-refractivity contribution is 0.212. The molecule has 1 fully saturated rings. The quantitative estimate of drug-likeness (QED) is 0.863. The average Bonchev–Trinajstić information content (AvgIpc) is 2.81. The van der Waals surface area contributed by atoms with Crippen LogP contribution in [0.1, 0.15) is 38.4 Å². The first-order valence-corrected chi connectivity index (χ1v) is 9.06. The van der Waals surface area contributed by atoms with E-state index in [9.17, 15) is 8.42 Å². The van der Waals surface area contributed by atoms with E-state index < -0.39 is 10.0 Å². The number of hydrogen-bond acceptors (Lipinski definition) is 4. The van der Waals surface area contributed by atoms with Gasteiger partial charge in [0, 0.05) is 30.9 Å². The lowest BCUT2D eigenvalue weighted by Gasteiger charge is -2.34. The SMILES string of the molecule is CCNCc1c(S(=O)(=O)N2CCC(C)C(C)C2)n[nH]c1C. The first-order valence-electron chi connectivity index (χ1n) is 7.62. The second-order valence-corrected chi connectivity index (χ2v) is 7.87. The number of piperidine rings is 1. The van der Waals surface area contributed by atoms with Gasteiger partial charge in [-0.15, -0.1) is 0 Å². The van der Waals surface area contributed by atoms with Gasteiger partial charge in [0.25, 0.3) is 10.0 Å². The van der Waals surface area contributed by atoms with E-state index in [4.69, 9.17) is 0 Å². The molecule has 0 aliphatic carbocycles. The molecular formula is C14H26N4O2S. The van der Waals surface area contributed by atoms with Crippen LogP contribution >= 0.6 is 0 Å². The molecule has 2 rings (SSSR count). The number of aromatic nitrogens is 2. The Kier molecular flexibility index (Phi) is 5.06. The van der Waals surface area contributed by atoms with Crippen LogP contribution in [0.5, 0.6) is 0 Å². The number of hydrogen-bond donors (Lipinski definition) is 2. The Morgan fingerprint density at radius 3 is 2.71 bits per heavy atom. The molecule has 2 N–H and O–H groups in total. The maximum Gasteiger partial charge on any atom is 0.262 e. The Morgan fingerprint density at radius 1 is 1.38 bits per heavy atom. The lowest BCUT2D eigenvalue weighted by atomic mass is 9.90. The summed E-state index contributed by atoms with van der Waals surface area (Å²) >= 11 is 0. The van der Waals surface area contributed by atoms with Gasteiger partial charge in [-0.25, -0.2) is 8.42 Å². The number of aromatic amines is 1. The number of H-pyrrole nitrogens is 1. The summed E-state index contributed by atoms with van der Waals surface area (Å²) < 4.78 is 27.3. The number of nitrogens with one attached hydrogen (secondary N) is 2. The Hall–Kier alpha value is -0.920. The summed E-state index contributed by atoms with van der Waals surface area (Å²) in [4.78, 5) is 0. The molecule has 120 valence electrons. The van der Waals surface area contributed by atoms with Crippen molar-refractivity contribution in [2.45, 2.75) is 45.7 Å². The highest BCUT2D eigenvalue weighted by molar-refractivity contribution is 7.89. The standard InChI is InChI=1S/C14H26N4O2S/c1-5-15-8-13-12(4)16-17-14(13)21(19,20)18-7-6-10(2)11(3)9-18/h10-11,15H,5-9H2,1-4H3,(H,16,17). The number of aryl methyl sites for hydroxylation is 1. The molecule has 2 unspecified atom stereocenters. The average molecular weight is 314 g/mol. The highest BCUT2D eigenvalue weighted by Crippen LogP contribution is 2.28. The van der Waals surface area contributed by atoms with Crippen molar-refractivity contribution >= 4 is 10.0 Å². The van der Waals surface area contributed by atoms with E-state index in [2.05, 4.69) is 29.4 Å². The molecule has 21 heavy (non-hydrogen) atoms. The summed E-state index contributed by atoms with van der Waals surface area (Å²) in [5.41, 5.74) is 1.57. The molecular weight excluding hydrogens is 288 g/mol. The van der Waals surface area contributed by atoms with Gasteiger partial charge in [-0.1, -0.05) is 20.8 Å². The van der Waals surface area contributed by atoms with E-state index in [1.165, 1.54) is 0 Å². The van der Waals surface area contributed by atoms with E-state index in [-0.39, 0.29) is 5.03 Å². The Bertz CT molecular complexity index is 582. The second-order valence-electron chi connectivity index (χ2n) is 6.02. The van der Waals surface area contributed by atoms with Gasteiger partial charge in [0.15, 0.2) is 5.03 Å². The normalized spacial score (nSPS) is 24.4. The third-order valence-corrected chi connectivity index (χ3v) is 6.31. The highest BCUT2D eigenvalue weighted by Gasteiger charge is 2.35. The summed E-state index contributed by atoms with van der Waals surface area (Å²) in [5.74, 6) is 0.948. The van der Waals surface area contributed by atoms with E-state index in [0.29, 0.717) is 31.5 Å². The zero-order valence-electron chi connectivity index (χ0n) is 13.3. The summed E-state index contributed by atoms with van der Waals surface area (Å²) in [5, 5.41) is 10.2. The molecule has 1 aliphatic rings. The Labute approximate surface area is 127 Å². The minimum absolute atomic E-state index is 0.183. The molecule has 2 atom stereocenters. The minimum Gasteiger partial charge on any atom is -0.313 e. The third-order valence-electron chi connectivity index (χ3n) is 4.47. The van der Waals surface area contributed by atoms with Crippen molar-refractivity contribution in [2.24, 2.45) is 11.8 Å². The largest absolute Gasteiger partial charge is 0.313 e. The topological polar surface area (TPSA) is 78.1 Å². The second kappa shape index (κ2) is 6.46. The molecule has 1 aromatic rings. The van der Waals surface area contributed by atoms with E-state index >= 15 is 0 Å². The van der Waals surface area contributed by atoms with Crippen LogP contribution in [0, 0.1) is 18.8 Å². The van der Waals surface area contributed by atoms with Gasteiger partial charge < -0.3 is 5.32 Å². The molecule has 1 aliphatic heterocycles. The molecule has 0 bridgehead atoms. The van der Waals surface area contributed by atoms with Gasteiger partial charge in [0.1, 0.15) is 0 Å². The smallest absolute Gasteiger partial charge is 0.262 e. The number of nitrogens with zero attached hydrogens (tertiary/aromatic N) is 2. The van der Waals surface area contributed by atoms with Crippen molar-refractivity contribution in [3.05, 3.63) is 11.3 Å². The zero-order valence-corrected chi connectivity index (χ0v) is 14.1. The van der Waals surface area contributed by atoms with Gasteiger partial charge in [0.05, 0.1) is 0 Å². The van der Waals surface area contributed by atoms with Gasteiger partial charge >= 0.3 is 0 Å². The van der Waals surface area contributed by atoms with E-state index in [0.717, 1.165) is 24.2 Å². The van der Waals surface area contributed by atoms with Crippen LogP contribution in [-0.2, 0) is 16.6 Å². The van der Waals surface area contributed by atoms with Crippen LogP contribution in [0.25, 0.3) is 0 Å². The third kappa shape index (κ3) is 3.30. The van der Waals surface area contributed by atoms with Crippen LogP contribution in [0.15, 0.2) is 5.03 Å². The van der Waals surface area contributed by atoms with Crippen molar-refractivity contribution in [1.82, 2.24) is 19.8 Å². The molecule has 7 heteroatoms. The first-order chi connectivity index (χ1) is 9.87. The molecule has 0 radical (unpaired) electrons. The van der Waals surface area contributed by atoms with Gasteiger partial charge in [0.2, 0.25) is 0 Å². The fourth-order valence-corrected chi connectivity index (χ4v) is 4.39. The summed E-state index contributed by atoms with van der Waals surface area (Å²) in [6, 6.07) is 0. The Morgan fingerprint density at radius 2 is 2.10 bits per heavy atom. The fraction of sp³-hybridized carbons (Fsp3) is 0.786. The molecule has 6 nitrogen and oxygen atoms in total. The van der Waals surface area contributed by atoms with Crippen LogP contribution in [0.2, 0.25) is 0 Å². The van der Waals surface area contributed by atoms with Gasteiger partial charge in [-0.05, 0) is 31.7 Å². The van der Waals surface area contributed by atoms with Crippen LogP contribution in [0.3, 0.4) is 0 Å². The van der Waals surface area contributed by atoms with Gasteiger partial charge in [-0.3, -0.25) is 5.10 Å². The van der Waals surface area contributed by atoms with Gasteiger partial charge in [-0.2, -0.15) is 9.40 Å². The van der Waals surface area contributed by atoms with Crippen LogP contribution in [-0.4, -0.2) is 42.6 Å². The summed E-state index contributed by atoms with van der Waals surface area (Å²) in [6.45, 7) is 10.6. The fourth-order valence-electron chi connectivity index (χ4n) is 2.67. The molecule has 2 heterocycles. The van der Waals surface area contributed by atoms with E-state index in [1.807, 2.05) is 13.8 Å². The molecule has 1 aromatic heterocycles. The Balaban J connectivity index is 2.27. The maximum absolute atomic E-state index is 12.9. The predicted octanol–water partition coefficient (Wildman–Crippen LogP) is 1.49. The molecule has 1 saturated heterocycles. The predicted molar refractivity (Wildman–Crippen MR) is 82.4 cm³/mol. The molecule has 0 aromatic carbocycles. The van der Waals surface area contributed by atoms with Crippen LogP contribution < -0.4 is 5.32 Å². The van der Waals surface area contributed by atoms with Crippen molar-refractivity contribution in [3.8, 4) is 0 Å². The molecule has 0 amide bonds. The summed E-state index contributed by atoms with van der Waals surface area (Å²) in [7, 11) is -3.51. The molecule has 0 spiro atoms. The van der Waals surface area contributed by atoms with Crippen molar-refractivity contribution in [2.75, 3.05) is 19.6 Å². The lowest BCUT2D eigenvalue weighted by Crippen LogP contribution is -2.42. The van der Waals surface area contributed by atoms with Crippen LogP contribution in [0.4, 0.5) is 0 Å². The van der Waals surface area contributed by atoms with Crippen molar-refractivity contribution in [3.63, 3.8) is 0 Å². The maximum atomic E-state index is 12.9. The number of rotatable bonds is 5. The number of sulfonamides is 1. The zero-order chi connectivity index (χ0) is 15.6. The minimum atomic E-state index is -3.51. The van der Waals surface area contributed by atoms with E-state index in [1.54, 1.807) is 4.31 Å². The monoisotopic (exact) mass is 314 g/mol.